The first-order chi connectivity index (χ1) is 6.81. The van der Waals surface area contributed by atoms with E-state index >= 15 is 0 Å². The number of halogens is 1. The average molecular weight is 259 g/mol. The highest BCUT2D eigenvalue weighted by atomic mass is 79.9. The molecule has 0 aliphatic carbocycles. The highest BCUT2D eigenvalue weighted by molar-refractivity contribution is 9.12. The minimum Gasteiger partial charge on any atom is -0.377 e. The van der Waals surface area contributed by atoms with E-state index in [4.69, 9.17) is 0 Å². The van der Waals surface area contributed by atoms with Crippen molar-refractivity contribution in [1.29, 1.82) is 0 Å². The molecule has 0 aromatic heterocycles. The topological polar surface area (TPSA) is 20.2 Å². The molecule has 0 aromatic carbocycles. The van der Waals surface area contributed by atoms with Crippen molar-refractivity contribution < 1.29 is 5.11 Å². The molecule has 80 valence electrons. The van der Waals surface area contributed by atoms with Gasteiger partial charge in [-0.3, -0.25) is 0 Å². The predicted octanol–water partition coefficient (Wildman–Crippen LogP) is 3.62. The Bertz CT molecular complexity index is 200. The molecular weight excluding hydrogens is 240 g/mol. The van der Waals surface area contributed by atoms with Crippen molar-refractivity contribution in [2.24, 2.45) is 0 Å². The molecule has 1 nitrogen and oxygen atoms in total. The maximum Gasteiger partial charge on any atom is 0.134 e. The third-order valence-electron chi connectivity index (χ3n) is 2.00. The SMILES string of the molecule is CCCCCCC/C=C\C(O)C#CBr. The van der Waals surface area contributed by atoms with Gasteiger partial charge in [0.1, 0.15) is 6.10 Å². The molecule has 0 radical (unpaired) electrons. The second-order valence-electron chi connectivity index (χ2n) is 3.31. The predicted molar refractivity (Wildman–Crippen MR) is 65.2 cm³/mol. The van der Waals surface area contributed by atoms with Crippen LogP contribution in [0, 0.1) is 10.8 Å². The molecule has 0 saturated heterocycles. The molecule has 0 aliphatic rings. The summed E-state index contributed by atoms with van der Waals surface area (Å²) in [4.78, 5) is 2.50. The molecule has 14 heavy (non-hydrogen) atoms. The Hall–Kier alpha value is -0.260. The van der Waals surface area contributed by atoms with Crippen molar-refractivity contribution in [1.82, 2.24) is 0 Å². The largest absolute Gasteiger partial charge is 0.377 e. The zero-order chi connectivity index (χ0) is 10.6. The molecule has 0 heterocycles. The van der Waals surface area contributed by atoms with E-state index in [1.165, 1.54) is 32.1 Å². The monoisotopic (exact) mass is 258 g/mol. The molecule has 1 N–H and O–H groups in total. The fraction of sp³-hybridized carbons (Fsp3) is 0.667. The lowest BCUT2D eigenvalue weighted by Crippen LogP contribution is -1.95. The first-order valence-corrected chi connectivity index (χ1v) is 6.06. The van der Waals surface area contributed by atoms with E-state index < -0.39 is 6.10 Å². The Balaban J connectivity index is 3.29. The van der Waals surface area contributed by atoms with Crippen LogP contribution in [0.1, 0.15) is 45.4 Å². The lowest BCUT2D eigenvalue weighted by Gasteiger charge is -1.96. The van der Waals surface area contributed by atoms with E-state index in [1.807, 2.05) is 6.08 Å². The smallest absolute Gasteiger partial charge is 0.134 e. The highest BCUT2D eigenvalue weighted by Gasteiger charge is 1.90. The van der Waals surface area contributed by atoms with Gasteiger partial charge in [-0.25, -0.2) is 0 Å². The molecule has 0 fully saturated rings. The van der Waals surface area contributed by atoms with Crippen molar-refractivity contribution in [3.8, 4) is 10.8 Å². The summed E-state index contributed by atoms with van der Waals surface area (Å²) in [5.41, 5.74) is 0. The minimum absolute atomic E-state index is 0.620. The Morgan fingerprint density at radius 2 is 2.00 bits per heavy atom. The fourth-order valence-electron chi connectivity index (χ4n) is 1.19. The molecule has 0 bridgehead atoms. The number of aliphatic hydroxyl groups excluding tert-OH is 1. The van der Waals surface area contributed by atoms with Gasteiger partial charge in [-0.2, -0.15) is 0 Å². The number of rotatable bonds is 7. The second kappa shape index (κ2) is 10.8. The van der Waals surface area contributed by atoms with Gasteiger partial charge in [0.15, 0.2) is 0 Å². The molecule has 0 rings (SSSR count). The van der Waals surface area contributed by atoms with E-state index in [2.05, 4.69) is 33.6 Å². The maximum absolute atomic E-state index is 9.20. The van der Waals surface area contributed by atoms with Crippen LogP contribution in [0.3, 0.4) is 0 Å². The zero-order valence-electron chi connectivity index (χ0n) is 8.80. The van der Waals surface area contributed by atoms with E-state index in [9.17, 15) is 5.11 Å². The van der Waals surface area contributed by atoms with Crippen LogP contribution in [-0.4, -0.2) is 11.2 Å². The van der Waals surface area contributed by atoms with Gasteiger partial charge in [-0.05, 0) is 23.7 Å². The molecule has 0 aromatic rings. The summed E-state index contributed by atoms with van der Waals surface area (Å²) >= 11 is 2.95. The second-order valence-corrected chi connectivity index (χ2v) is 3.71. The number of allylic oxidation sites excluding steroid dienone is 1. The fourth-order valence-corrected chi connectivity index (χ4v) is 1.43. The third kappa shape index (κ3) is 9.83. The van der Waals surface area contributed by atoms with Gasteiger partial charge in [-0.1, -0.05) is 44.6 Å². The summed E-state index contributed by atoms with van der Waals surface area (Å²) in [6.07, 6.45) is 10.6. The van der Waals surface area contributed by atoms with Gasteiger partial charge in [0.25, 0.3) is 0 Å². The summed E-state index contributed by atoms with van der Waals surface area (Å²) in [7, 11) is 0. The van der Waals surface area contributed by atoms with Crippen molar-refractivity contribution >= 4 is 15.9 Å². The average Bonchev–Trinajstić information content (AvgIpc) is 2.17. The van der Waals surface area contributed by atoms with Gasteiger partial charge in [-0.15, -0.1) is 0 Å². The first kappa shape index (κ1) is 13.7. The van der Waals surface area contributed by atoms with Crippen molar-refractivity contribution in [3.05, 3.63) is 12.2 Å². The molecule has 0 saturated carbocycles. The van der Waals surface area contributed by atoms with Crippen molar-refractivity contribution in [2.45, 2.75) is 51.6 Å². The van der Waals surface area contributed by atoms with Crippen LogP contribution in [0.4, 0.5) is 0 Å². The van der Waals surface area contributed by atoms with Gasteiger partial charge in [0, 0.05) is 15.9 Å². The summed E-state index contributed by atoms with van der Waals surface area (Å²) in [5, 5.41) is 9.20. The van der Waals surface area contributed by atoms with Crippen LogP contribution in [0.5, 0.6) is 0 Å². The lowest BCUT2D eigenvalue weighted by atomic mass is 10.1. The van der Waals surface area contributed by atoms with Gasteiger partial charge in [0.2, 0.25) is 0 Å². The standard InChI is InChI=1S/C12H19BrO/c1-2-3-4-5-6-7-8-9-12(14)10-11-13/h8-9,12,14H,2-7H2,1H3/b9-8-. The number of unbranched alkanes of at least 4 members (excludes halogenated alkanes) is 5. The molecule has 0 aliphatic heterocycles. The third-order valence-corrected chi connectivity index (χ3v) is 2.22. The van der Waals surface area contributed by atoms with Gasteiger partial charge < -0.3 is 5.11 Å². The Morgan fingerprint density at radius 1 is 1.29 bits per heavy atom. The normalized spacial score (nSPS) is 12.5. The minimum atomic E-state index is -0.620. The first-order valence-electron chi connectivity index (χ1n) is 5.27. The molecule has 0 amide bonds. The molecule has 0 spiro atoms. The van der Waals surface area contributed by atoms with E-state index in [0.29, 0.717) is 0 Å². The number of aliphatic hydroxyl groups is 1. The van der Waals surface area contributed by atoms with Gasteiger partial charge in [0.05, 0.1) is 0 Å². The van der Waals surface area contributed by atoms with E-state index in [1.54, 1.807) is 6.08 Å². The lowest BCUT2D eigenvalue weighted by molar-refractivity contribution is 0.280. The molecule has 1 unspecified atom stereocenters. The summed E-state index contributed by atoms with van der Waals surface area (Å²) in [6, 6.07) is 0. The maximum atomic E-state index is 9.20. The Morgan fingerprint density at radius 3 is 2.64 bits per heavy atom. The van der Waals surface area contributed by atoms with E-state index in [0.717, 1.165) is 6.42 Å². The molecule has 2 heteroatoms. The summed E-state index contributed by atoms with van der Waals surface area (Å²) in [5.74, 6) is 2.59. The number of hydrogen-bond donors (Lipinski definition) is 1. The van der Waals surface area contributed by atoms with Crippen LogP contribution in [0.2, 0.25) is 0 Å². The summed E-state index contributed by atoms with van der Waals surface area (Å²) < 4.78 is 0. The van der Waals surface area contributed by atoms with Crippen LogP contribution < -0.4 is 0 Å². The Kier molecular flexibility index (Phi) is 10.6. The highest BCUT2D eigenvalue weighted by Crippen LogP contribution is 2.05. The van der Waals surface area contributed by atoms with Crippen LogP contribution in [-0.2, 0) is 0 Å². The molecular formula is C12H19BrO. The summed E-state index contributed by atoms with van der Waals surface area (Å²) in [6.45, 7) is 2.22. The van der Waals surface area contributed by atoms with Crippen LogP contribution >= 0.6 is 15.9 Å². The van der Waals surface area contributed by atoms with Crippen molar-refractivity contribution in [2.75, 3.05) is 0 Å². The molecule has 1 atom stereocenters. The zero-order valence-corrected chi connectivity index (χ0v) is 10.4. The quantitative estimate of drug-likeness (QED) is 0.420. The van der Waals surface area contributed by atoms with Gasteiger partial charge >= 0.3 is 0 Å². The Labute approximate surface area is 95.7 Å². The number of hydrogen-bond acceptors (Lipinski definition) is 1. The van der Waals surface area contributed by atoms with Crippen LogP contribution in [0.25, 0.3) is 0 Å². The van der Waals surface area contributed by atoms with Crippen LogP contribution in [0.15, 0.2) is 12.2 Å². The van der Waals surface area contributed by atoms with Crippen molar-refractivity contribution in [3.63, 3.8) is 0 Å². The van der Waals surface area contributed by atoms with E-state index in [-0.39, 0.29) is 0 Å².